The minimum Gasteiger partial charge on any atom is -0.495 e. The molecule has 0 spiro atoms. The molecular weight excluding hydrogens is 493 g/mol. The van der Waals surface area contributed by atoms with Gasteiger partial charge in [0.1, 0.15) is 11.8 Å². The van der Waals surface area contributed by atoms with Crippen LogP contribution in [0.25, 0.3) is 0 Å². The van der Waals surface area contributed by atoms with Crippen LogP contribution in [-0.4, -0.2) is 27.5 Å². The number of carbonyl (C=O) groups excluding carboxylic acids is 1. The first kappa shape index (κ1) is 25.5. The van der Waals surface area contributed by atoms with Gasteiger partial charge in [-0.25, -0.2) is 8.42 Å². The topological polar surface area (TPSA) is 84.5 Å². The molecule has 2 N–H and O–H groups in total. The molecule has 1 amide bonds. The van der Waals surface area contributed by atoms with Crippen molar-refractivity contribution in [1.29, 1.82) is 0 Å². The number of hydrogen-bond acceptors (Lipinski definition) is 4. The van der Waals surface area contributed by atoms with Crippen LogP contribution in [0.15, 0.2) is 77.7 Å². The van der Waals surface area contributed by atoms with Crippen molar-refractivity contribution in [1.82, 2.24) is 4.72 Å². The maximum atomic E-state index is 13.0. The predicted octanol–water partition coefficient (Wildman–Crippen LogP) is 4.90. The van der Waals surface area contributed by atoms with Gasteiger partial charge in [0.05, 0.1) is 22.6 Å². The zero-order valence-electron chi connectivity index (χ0n) is 17.8. The maximum absolute atomic E-state index is 13.0. The second-order valence-electron chi connectivity index (χ2n) is 7.23. The first-order valence-electron chi connectivity index (χ1n) is 9.87. The van der Waals surface area contributed by atoms with Crippen molar-refractivity contribution in [2.45, 2.75) is 23.5 Å². The normalized spacial score (nSPS) is 12.7. The van der Waals surface area contributed by atoms with E-state index >= 15 is 0 Å². The summed E-state index contributed by atoms with van der Waals surface area (Å²) in [6, 6.07) is 15.1. The Hall–Kier alpha value is -3.08. The van der Waals surface area contributed by atoms with Crippen LogP contribution in [0.1, 0.15) is 11.1 Å². The minimum atomic E-state index is -4.60. The molecule has 0 radical (unpaired) electrons. The Morgan fingerprint density at radius 1 is 1.03 bits per heavy atom. The van der Waals surface area contributed by atoms with E-state index in [0.29, 0.717) is 5.56 Å². The third-order valence-corrected chi connectivity index (χ3v) is 6.55. The third-order valence-electron chi connectivity index (χ3n) is 4.79. The van der Waals surface area contributed by atoms with Crippen molar-refractivity contribution in [2.75, 3.05) is 12.4 Å². The van der Waals surface area contributed by atoms with Gasteiger partial charge in [-0.1, -0.05) is 48.0 Å². The van der Waals surface area contributed by atoms with E-state index in [0.717, 1.165) is 18.2 Å². The Morgan fingerprint density at radius 3 is 2.35 bits per heavy atom. The van der Waals surface area contributed by atoms with Gasteiger partial charge in [-0.15, -0.1) is 0 Å². The molecule has 6 nitrogen and oxygen atoms in total. The Kier molecular flexibility index (Phi) is 7.86. The molecule has 3 aromatic rings. The van der Waals surface area contributed by atoms with Gasteiger partial charge in [-0.2, -0.15) is 17.9 Å². The molecule has 0 fully saturated rings. The number of rotatable bonds is 8. The fourth-order valence-corrected chi connectivity index (χ4v) is 4.65. The highest BCUT2D eigenvalue weighted by Crippen LogP contribution is 2.31. The molecule has 1 unspecified atom stereocenters. The number of halogens is 4. The number of anilines is 1. The molecule has 0 aliphatic carbocycles. The van der Waals surface area contributed by atoms with E-state index in [1.54, 1.807) is 30.3 Å². The second kappa shape index (κ2) is 10.5. The number of nitrogens with one attached hydrogen (secondary N) is 2. The van der Waals surface area contributed by atoms with Crippen molar-refractivity contribution in [3.05, 3.63) is 88.9 Å². The fraction of sp³-hybridized carbons (Fsp3) is 0.174. The molecule has 0 heterocycles. The molecule has 11 heteroatoms. The van der Waals surface area contributed by atoms with E-state index < -0.39 is 33.7 Å². The molecule has 0 aliphatic heterocycles. The highest BCUT2D eigenvalue weighted by molar-refractivity contribution is 7.89. The number of alkyl halides is 3. The van der Waals surface area contributed by atoms with Crippen molar-refractivity contribution < 1.29 is 31.1 Å². The summed E-state index contributed by atoms with van der Waals surface area (Å²) >= 11 is 6.03. The SMILES string of the molecule is COc1ccc(S(=O)(=O)NC(Cc2ccccc2)C(=O)Nc2cccc(C(F)(F)F)c2)cc1Cl. The third kappa shape index (κ3) is 6.49. The van der Waals surface area contributed by atoms with Crippen LogP contribution < -0.4 is 14.8 Å². The maximum Gasteiger partial charge on any atom is 0.416 e. The number of sulfonamides is 1. The molecule has 0 saturated carbocycles. The van der Waals surface area contributed by atoms with Crippen LogP contribution in [0.4, 0.5) is 18.9 Å². The number of ether oxygens (including phenoxy) is 1. The Morgan fingerprint density at radius 2 is 1.74 bits per heavy atom. The van der Waals surface area contributed by atoms with E-state index in [1.165, 1.54) is 31.4 Å². The number of benzene rings is 3. The smallest absolute Gasteiger partial charge is 0.416 e. The van der Waals surface area contributed by atoms with Gasteiger partial charge in [0, 0.05) is 5.69 Å². The van der Waals surface area contributed by atoms with Crippen LogP contribution in [0.5, 0.6) is 5.75 Å². The fourth-order valence-electron chi connectivity index (χ4n) is 3.11. The van der Waals surface area contributed by atoms with E-state index in [1.807, 2.05) is 0 Å². The lowest BCUT2D eigenvalue weighted by Crippen LogP contribution is -2.45. The minimum absolute atomic E-state index is 0.0469. The molecule has 3 rings (SSSR count). The Labute approximate surface area is 199 Å². The summed E-state index contributed by atoms with van der Waals surface area (Å²) in [6.07, 6.45) is -4.64. The van der Waals surface area contributed by atoms with Gasteiger partial charge in [-0.3, -0.25) is 4.79 Å². The first-order valence-corrected chi connectivity index (χ1v) is 11.7. The monoisotopic (exact) mass is 512 g/mol. The van der Waals surface area contributed by atoms with Crippen molar-refractivity contribution in [2.24, 2.45) is 0 Å². The summed E-state index contributed by atoms with van der Waals surface area (Å²) in [5.74, 6) is -0.560. The van der Waals surface area contributed by atoms with Gasteiger partial charge in [0.15, 0.2) is 0 Å². The van der Waals surface area contributed by atoms with E-state index in [4.69, 9.17) is 16.3 Å². The molecule has 0 bridgehead atoms. The van der Waals surface area contributed by atoms with Crippen LogP contribution in [0.3, 0.4) is 0 Å². The lowest BCUT2D eigenvalue weighted by molar-refractivity contribution is -0.137. The van der Waals surface area contributed by atoms with E-state index in [9.17, 15) is 26.4 Å². The largest absolute Gasteiger partial charge is 0.495 e. The van der Waals surface area contributed by atoms with Gasteiger partial charge < -0.3 is 10.1 Å². The molecule has 3 aromatic carbocycles. The molecule has 180 valence electrons. The second-order valence-corrected chi connectivity index (χ2v) is 9.35. The average molecular weight is 513 g/mol. The van der Waals surface area contributed by atoms with Crippen molar-refractivity contribution >= 4 is 33.2 Å². The van der Waals surface area contributed by atoms with Crippen LogP contribution in [-0.2, 0) is 27.4 Å². The molecule has 0 aliphatic rings. The molecule has 34 heavy (non-hydrogen) atoms. The van der Waals surface area contributed by atoms with E-state index in [2.05, 4.69) is 10.0 Å². The summed E-state index contributed by atoms with van der Waals surface area (Å²) in [5, 5.41) is 2.42. The Balaban J connectivity index is 1.89. The van der Waals surface area contributed by atoms with Crippen LogP contribution in [0, 0.1) is 0 Å². The summed E-state index contributed by atoms with van der Waals surface area (Å²) < 4.78 is 72.4. The summed E-state index contributed by atoms with van der Waals surface area (Å²) in [5.41, 5.74) is -0.426. The predicted molar refractivity (Wildman–Crippen MR) is 122 cm³/mol. The van der Waals surface area contributed by atoms with Crippen LogP contribution >= 0.6 is 11.6 Å². The summed E-state index contributed by atoms with van der Waals surface area (Å²) in [4.78, 5) is 12.8. The number of hydrogen-bond donors (Lipinski definition) is 2. The Bertz CT molecular complexity index is 1270. The molecular formula is C23H20ClF3N2O4S. The number of methoxy groups -OCH3 is 1. The van der Waals surface area contributed by atoms with Crippen molar-refractivity contribution in [3.8, 4) is 5.75 Å². The highest BCUT2D eigenvalue weighted by Gasteiger charge is 2.31. The average Bonchev–Trinajstić information content (AvgIpc) is 2.78. The number of amides is 1. The highest BCUT2D eigenvalue weighted by atomic mass is 35.5. The molecule has 1 atom stereocenters. The van der Waals surface area contributed by atoms with Gasteiger partial charge in [-0.05, 0) is 48.4 Å². The van der Waals surface area contributed by atoms with Gasteiger partial charge >= 0.3 is 6.18 Å². The van der Waals surface area contributed by atoms with Crippen molar-refractivity contribution in [3.63, 3.8) is 0 Å². The zero-order chi connectivity index (χ0) is 24.9. The van der Waals surface area contributed by atoms with Gasteiger partial charge in [0.2, 0.25) is 15.9 Å². The first-order chi connectivity index (χ1) is 16.0. The molecule has 0 aromatic heterocycles. The van der Waals surface area contributed by atoms with Gasteiger partial charge in [0.25, 0.3) is 0 Å². The molecule has 0 saturated heterocycles. The van der Waals surface area contributed by atoms with E-state index in [-0.39, 0.29) is 27.8 Å². The lowest BCUT2D eigenvalue weighted by atomic mass is 10.1. The number of carbonyl (C=O) groups is 1. The standard InChI is InChI=1S/C23H20ClF3N2O4S/c1-33-21-11-10-18(14-19(21)24)34(31,32)29-20(12-15-6-3-2-4-7-15)22(30)28-17-9-5-8-16(13-17)23(25,26)27/h2-11,13-14,20,29H,12H2,1H3,(H,28,30). The quantitative estimate of drug-likeness (QED) is 0.450. The summed E-state index contributed by atoms with van der Waals surface area (Å²) in [7, 11) is -2.85. The zero-order valence-corrected chi connectivity index (χ0v) is 19.3. The van der Waals surface area contributed by atoms with Crippen LogP contribution in [0.2, 0.25) is 5.02 Å². The lowest BCUT2D eigenvalue weighted by Gasteiger charge is -2.19. The summed E-state index contributed by atoms with van der Waals surface area (Å²) in [6.45, 7) is 0.